The van der Waals surface area contributed by atoms with Crippen molar-refractivity contribution in [3.05, 3.63) is 0 Å². The van der Waals surface area contributed by atoms with E-state index >= 15 is 0 Å². The molecule has 0 heterocycles. The number of carbonyl (C=O) groups is 1. The van der Waals surface area contributed by atoms with Crippen molar-refractivity contribution in [2.45, 2.75) is 37.9 Å². The Morgan fingerprint density at radius 1 is 1.47 bits per heavy atom. The minimum absolute atomic E-state index is 0.113. The van der Waals surface area contributed by atoms with Gasteiger partial charge < -0.3 is 5.11 Å². The average Bonchev–Trinajstić information content (AvgIpc) is 1.98. The van der Waals surface area contributed by atoms with Gasteiger partial charge in [0, 0.05) is 0 Å². The summed E-state index contributed by atoms with van der Waals surface area (Å²) in [6.45, 7) is 0.774. The molecule has 1 aliphatic carbocycles. The van der Waals surface area contributed by atoms with Crippen LogP contribution in [0.25, 0.3) is 0 Å². The summed E-state index contributed by atoms with van der Waals surface area (Å²) in [5.74, 6) is -1.69. The van der Waals surface area contributed by atoms with Gasteiger partial charge in [-0.25, -0.2) is 4.79 Å². The number of hydrogen-bond donors (Lipinski definition) is 2. The van der Waals surface area contributed by atoms with Gasteiger partial charge in [0.25, 0.3) is 0 Å². The second kappa shape index (κ2) is 4.00. The Balaban J connectivity index is 2.60. The zero-order chi connectivity index (χ0) is 11.7. The minimum atomic E-state index is -4.78. The van der Waals surface area contributed by atoms with Crippen molar-refractivity contribution in [3.8, 4) is 0 Å². The molecular formula is C9H14F3NO2. The zero-order valence-electron chi connectivity index (χ0n) is 8.40. The number of rotatable bonds is 4. The molecule has 0 aliphatic heterocycles. The quantitative estimate of drug-likeness (QED) is 0.766. The number of halogens is 3. The monoisotopic (exact) mass is 225 g/mol. The molecular weight excluding hydrogens is 211 g/mol. The third kappa shape index (κ3) is 2.42. The van der Waals surface area contributed by atoms with E-state index in [1.807, 2.05) is 0 Å². The van der Waals surface area contributed by atoms with Gasteiger partial charge in [0.2, 0.25) is 5.54 Å². The van der Waals surface area contributed by atoms with E-state index in [2.05, 4.69) is 5.32 Å². The van der Waals surface area contributed by atoms with Crippen molar-refractivity contribution >= 4 is 5.97 Å². The fraction of sp³-hybridized carbons (Fsp3) is 0.889. The Kier molecular flexibility index (Phi) is 3.28. The Morgan fingerprint density at radius 2 is 2.00 bits per heavy atom. The molecule has 1 unspecified atom stereocenters. The Hall–Kier alpha value is -0.780. The fourth-order valence-electron chi connectivity index (χ4n) is 1.34. The van der Waals surface area contributed by atoms with Gasteiger partial charge in [-0.2, -0.15) is 13.2 Å². The van der Waals surface area contributed by atoms with E-state index in [-0.39, 0.29) is 12.5 Å². The lowest BCUT2D eigenvalue weighted by atomic mass is 9.84. The maximum atomic E-state index is 12.5. The normalized spacial score (nSPS) is 21.9. The number of aliphatic carboxylic acids is 1. The van der Waals surface area contributed by atoms with Gasteiger partial charge in [0.15, 0.2) is 0 Å². The van der Waals surface area contributed by atoms with Crippen LogP contribution in [0.3, 0.4) is 0 Å². The molecule has 1 saturated carbocycles. The Labute approximate surface area is 85.7 Å². The van der Waals surface area contributed by atoms with Gasteiger partial charge in [-0.05, 0) is 32.2 Å². The van der Waals surface area contributed by atoms with Gasteiger partial charge in [-0.1, -0.05) is 6.42 Å². The molecule has 1 aliphatic rings. The van der Waals surface area contributed by atoms with Crippen LogP contribution >= 0.6 is 0 Å². The van der Waals surface area contributed by atoms with E-state index in [4.69, 9.17) is 5.11 Å². The lowest BCUT2D eigenvalue weighted by Gasteiger charge is -2.33. The largest absolute Gasteiger partial charge is 0.480 e. The van der Waals surface area contributed by atoms with E-state index in [0.717, 1.165) is 19.3 Å². The second-order valence-corrected chi connectivity index (χ2v) is 4.11. The SMILES string of the molecule is CC(NCC1CCC1)(C(=O)O)C(F)(F)F. The molecule has 0 amide bonds. The van der Waals surface area contributed by atoms with Crippen LogP contribution in [-0.2, 0) is 4.79 Å². The van der Waals surface area contributed by atoms with Crippen LogP contribution in [0.2, 0.25) is 0 Å². The molecule has 0 radical (unpaired) electrons. The third-order valence-corrected chi connectivity index (χ3v) is 2.96. The van der Waals surface area contributed by atoms with Crippen LogP contribution < -0.4 is 5.32 Å². The van der Waals surface area contributed by atoms with Crippen molar-refractivity contribution < 1.29 is 23.1 Å². The third-order valence-electron chi connectivity index (χ3n) is 2.96. The van der Waals surface area contributed by atoms with Gasteiger partial charge >= 0.3 is 12.1 Å². The molecule has 1 rings (SSSR count). The summed E-state index contributed by atoms with van der Waals surface area (Å²) in [7, 11) is 0. The summed E-state index contributed by atoms with van der Waals surface area (Å²) in [6.07, 6.45) is -2.01. The predicted octanol–water partition coefficient (Wildman–Crippen LogP) is 1.78. The molecule has 0 spiro atoms. The van der Waals surface area contributed by atoms with Crippen LogP contribution in [0, 0.1) is 5.92 Å². The zero-order valence-corrected chi connectivity index (χ0v) is 8.40. The van der Waals surface area contributed by atoms with E-state index in [1.165, 1.54) is 0 Å². The molecule has 15 heavy (non-hydrogen) atoms. The van der Waals surface area contributed by atoms with Crippen molar-refractivity contribution in [3.63, 3.8) is 0 Å². The highest BCUT2D eigenvalue weighted by Gasteiger charge is 2.57. The standard InChI is InChI=1S/C9H14F3NO2/c1-8(7(14)15,9(10,11)12)13-5-6-3-2-4-6/h6,13H,2-5H2,1H3,(H,14,15). The van der Waals surface area contributed by atoms with Crippen LogP contribution in [-0.4, -0.2) is 29.3 Å². The number of hydrogen-bond acceptors (Lipinski definition) is 2. The molecule has 3 nitrogen and oxygen atoms in total. The molecule has 0 saturated heterocycles. The molecule has 0 aromatic heterocycles. The van der Waals surface area contributed by atoms with Crippen LogP contribution in [0.1, 0.15) is 26.2 Å². The van der Waals surface area contributed by atoms with Crippen LogP contribution in [0.4, 0.5) is 13.2 Å². The molecule has 2 N–H and O–H groups in total. The summed E-state index contributed by atoms with van der Waals surface area (Å²) in [4.78, 5) is 10.6. The first-order chi connectivity index (χ1) is 6.77. The van der Waals surface area contributed by atoms with Gasteiger partial charge in [0.05, 0.1) is 0 Å². The summed E-state index contributed by atoms with van der Waals surface area (Å²) >= 11 is 0. The lowest BCUT2D eigenvalue weighted by molar-refractivity contribution is -0.206. The first-order valence-corrected chi connectivity index (χ1v) is 4.82. The number of carboxylic acid groups (broad SMARTS) is 1. The number of alkyl halides is 3. The van der Waals surface area contributed by atoms with Gasteiger partial charge in [0.1, 0.15) is 0 Å². The van der Waals surface area contributed by atoms with E-state index in [9.17, 15) is 18.0 Å². The van der Waals surface area contributed by atoms with Gasteiger partial charge in [-0.15, -0.1) is 0 Å². The second-order valence-electron chi connectivity index (χ2n) is 4.11. The molecule has 0 aromatic rings. The fourth-order valence-corrected chi connectivity index (χ4v) is 1.34. The van der Waals surface area contributed by atoms with E-state index < -0.39 is 17.7 Å². The van der Waals surface area contributed by atoms with Crippen LogP contribution in [0.5, 0.6) is 0 Å². The van der Waals surface area contributed by atoms with Crippen molar-refractivity contribution in [1.82, 2.24) is 5.32 Å². The maximum absolute atomic E-state index is 12.5. The first kappa shape index (κ1) is 12.3. The molecule has 88 valence electrons. The smallest absolute Gasteiger partial charge is 0.417 e. The van der Waals surface area contributed by atoms with Crippen molar-refractivity contribution in [2.75, 3.05) is 6.54 Å². The lowest BCUT2D eigenvalue weighted by Crippen LogP contribution is -2.61. The highest BCUT2D eigenvalue weighted by atomic mass is 19.4. The van der Waals surface area contributed by atoms with Gasteiger partial charge in [-0.3, -0.25) is 5.32 Å². The molecule has 0 bridgehead atoms. The predicted molar refractivity (Wildman–Crippen MR) is 47.4 cm³/mol. The first-order valence-electron chi connectivity index (χ1n) is 4.82. The molecule has 6 heteroatoms. The maximum Gasteiger partial charge on any atom is 0.417 e. The van der Waals surface area contributed by atoms with Crippen molar-refractivity contribution in [2.24, 2.45) is 5.92 Å². The van der Waals surface area contributed by atoms with Crippen LogP contribution in [0.15, 0.2) is 0 Å². The van der Waals surface area contributed by atoms with E-state index in [0.29, 0.717) is 6.92 Å². The minimum Gasteiger partial charge on any atom is -0.480 e. The van der Waals surface area contributed by atoms with E-state index in [1.54, 1.807) is 0 Å². The summed E-state index contributed by atoms with van der Waals surface area (Å²) in [6, 6.07) is 0. The molecule has 1 atom stereocenters. The molecule has 0 aromatic carbocycles. The number of carboxylic acids is 1. The summed E-state index contributed by atoms with van der Waals surface area (Å²) in [5, 5.41) is 10.7. The molecule has 1 fully saturated rings. The topological polar surface area (TPSA) is 49.3 Å². The Bertz CT molecular complexity index is 250. The summed E-state index contributed by atoms with van der Waals surface area (Å²) in [5.41, 5.74) is -2.83. The van der Waals surface area contributed by atoms with Crippen molar-refractivity contribution in [1.29, 1.82) is 0 Å². The highest BCUT2D eigenvalue weighted by Crippen LogP contribution is 2.32. The number of nitrogens with one attached hydrogen (secondary N) is 1. The Morgan fingerprint density at radius 3 is 2.27 bits per heavy atom. The summed E-state index contributed by atoms with van der Waals surface area (Å²) < 4.78 is 37.5. The average molecular weight is 225 g/mol. The highest BCUT2D eigenvalue weighted by molar-refractivity contribution is 5.79.